The van der Waals surface area contributed by atoms with E-state index in [1.54, 1.807) is 18.2 Å². The number of nitrogens with two attached hydrogens (primary N) is 2. The molecular weight excluding hydrogens is 520 g/mol. The third kappa shape index (κ3) is 6.99. The van der Waals surface area contributed by atoms with Crippen LogP contribution in [0.3, 0.4) is 0 Å². The van der Waals surface area contributed by atoms with Gasteiger partial charge in [0.05, 0.1) is 5.69 Å². The summed E-state index contributed by atoms with van der Waals surface area (Å²) in [5.41, 5.74) is 12.7. The number of aromatic nitrogens is 2. The minimum Gasteiger partial charge on any atom is -0.491 e. The molecule has 3 aromatic carbocycles. The molecule has 0 spiro atoms. The maximum atomic E-state index is 14.0. The second-order valence-electron chi connectivity index (χ2n) is 8.40. The molecule has 4 rings (SSSR count). The molecule has 0 bridgehead atoms. The van der Waals surface area contributed by atoms with Gasteiger partial charge >= 0.3 is 12.1 Å². The molecular formula is C27H22F4N4O4. The molecule has 1 heterocycles. The van der Waals surface area contributed by atoms with Crippen LogP contribution in [0.2, 0.25) is 0 Å². The molecule has 0 radical (unpaired) electrons. The molecule has 0 saturated carbocycles. The van der Waals surface area contributed by atoms with Crippen LogP contribution in [0, 0.1) is 5.82 Å². The average Bonchev–Trinajstić information content (AvgIpc) is 2.90. The Morgan fingerprint density at radius 2 is 1.59 bits per heavy atom. The molecule has 0 aliphatic heterocycles. The molecule has 1 aromatic heterocycles. The van der Waals surface area contributed by atoms with Crippen molar-refractivity contribution in [3.63, 3.8) is 0 Å². The predicted molar refractivity (Wildman–Crippen MR) is 134 cm³/mol. The fourth-order valence-electron chi connectivity index (χ4n) is 3.59. The van der Waals surface area contributed by atoms with Crippen molar-refractivity contribution in [3.05, 3.63) is 90.2 Å². The van der Waals surface area contributed by atoms with Crippen molar-refractivity contribution < 1.29 is 36.9 Å². The van der Waals surface area contributed by atoms with E-state index in [0.717, 1.165) is 0 Å². The number of carboxylic acid groups (broad SMARTS) is 1. The molecule has 0 amide bonds. The Hall–Kier alpha value is -4.71. The first-order valence-corrected chi connectivity index (χ1v) is 11.4. The first kappa shape index (κ1) is 27.3. The minimum atomic E-state index is -4.80. The Balaban J connectivity index is 1.55. The summed E-state index contributed by atoms with van der Waals surface area (Å²) in [7, 11) is 0. The number of halogens is 4. The summed E-state index contributed by atoms with van der Waals surface area (Å²) in [6, 6.07) is 17.2. The lowest BCUT2D eigenvalue weighted by atomic mass is 10.0. The smallest absolute Gasteiger partial charge is 0.429 e. The number of alkyl halides is 3. The van der Waals surface area contributed by atoms with Gasteiger partial charge in [0.15, 0.2) is 0 Å². The molecule has 1 unspecified atom stereocenters. The normalized spacial score (nSPS) is 12.9. The number of rotatable bonds is 9. The first-order chi connectivity index (χ1) is 18.5. The predicted octanol–water partition coefficient (Wildman–Crippen LogP) is 5.01. The van der Waals surface area contributed by atoms with Crippen LogP contribution in [0.25, 0.3) is 22.4 Å². The van der Waals surface area contributed by atoms with Gasteiger partial charge in [-0.05, 0) is 47.5 Å². The SMILES string of the molecule is Nc1nc(OC(c2ccc(-c3cccc(F)c3)cc2)C(F)(F)F)cc(-c2ccc(OC[C@H](N)C(=O)O)cc2)n1. The number of anilines is 1. The number of hydrogen-bond acceptors (Lipinski definition) is 7. The molecule has 5 N–H and O–H groups in total. The van der Waals surface area contributed by atoms with E-state index >= 15 is 0 Å². The van der Waals surface area contributed by atoms with Gasteiger partial charge in [0.1, 0.15) is 24.2 Å². The zero-order valence-corrected chi connectivity index (χ0v) is 20.1. The van der Waals surface area contributed by atoms with E-state index in [4.69, 9.17) is 26.0 Å². The summed E-state index contributed by atoms with van der Waals surface area (Å²) in [4.78, 5) is 18.7. The van der Waals surface area contributed by atoms with Crippen molar-refractivity contribution in [3.8, 4) is 34.0 Å². The summed E-state index contributed by atoms with van der Waals surface area (Å²) in [6.07, 6.45) is -7.16. The minimum absolute atomic E-state index is 0.189. The van der Waals surface area contributed by atoms with Crippen molar-refractivity contribution in [2.45, 2.75) is 18.3 Å². The zero-order valence-electron chi connectivity index (χ0n) is 20.1. The lowest BCUT2D eigenvalue weighted by Gasteiger charge is -2.22. The van der Waals surface area contributed by atoms with Gasteiger partial charge < -0.3 is 26.0 Å². The van der Waals surface area contributed by atoms with E-state index in [9.17, 15) is 22.4 Å². The van der Waals surface area contributed by atoms with Gasteiger partial charge in [-0.1, -0.05) is 36.4 Å². The van der Waals surface area contributed by atoms with Crippen molar-refractivity contribution in [1.29, 1.82) is 0 Å². The highest BCUT2D eigenvalue weighted by molar-refractivity contribution is 5.73. The van der Waals surface area contributed by atoms with Crippen LogP contribution >= 0.6 is 0 Å². The van der Waals surface area contributed by atoms with Gasteiger partial charge in [-0.15, -0.1) is 0 Å². The molecule has 0 fully saturated rings. The van der Waals surface area contributed by atoms with Crippen molar-refractivity contribution >= 4 is 11.9 Å². The second kappa shape index (κ2) is 11.4. The molecule has 0 aliphatic carbocycles. The second-order valence-corrected chi connectivity index (χ2v) is 8.40. The van der Waals surface area contributed by atoms with Crippen LogP contribution in [0.4, 0.5) is 23.5 Å². The summed E-state index contributed by atoms with van der Waals surface area (Å²) in [5, 5.41) is 8.83. The molecule has 2 atom stereocenters. The van der Waals surface area contributed by atoms with E-state index in [1.807, 2.05) is 0 Å². The Labute approximate surface area is 219 Å². The Morgan fingerprint density at radius 1 is 0.923 bits per heavy atom. The number of nitrogen functional groups attached to an aromatic ring is 1. The maximum absolute atomic E-state index is 14.0. The summed E-state index contributed by atoms with van der Waals surface area (Å²) >= 11 is 0. The first-order valence-electron chi connectivity index (χ1n) is 11.4. The van der Waals surface area contributed by atoms with Crippen LogP contribution in [0.5, 0.6) is 11.6 Å². The van der Waals surface area contributed by atoms with Gasteiger partial charge in [0.2, 0.25) is 17.9 Å². The van der Waals surface area contributed by atoms with Crippen molar-refractivity contribution in [2.24, 2.45) is 5.73 Å². The fourth-order valence-corrected chi connectivity index (χ4v) is 3.59. The fraction of sp³-hybridized carbons (Fsp3) is 0.148. The molecule has 4 aromatic rings. The topological polar surface area (TPSA) is 134 Å². The van der Waals surface area contributed by atoms with Gasteiger partial charge in [0, 0.05) is 17.2 Å². The Kier molecular flexibility index (Phi) is 7.96. The largest absolute Gasteiger partial charge is 0.491 e. The highest BCUT2D eigenvalue weighted by Gasteiger charge is 2.43. The highest BCUT2D eigenvalue weighted by atomic mass is 19.4. The number of aliphatic carboxylic acids is 1. The van der Waals surface area contributed by atoms with E-state index in [2.05, 4.69) is 9.97 Å². The number of benzene rings is 3. The van der Waals surface area contributed by atoms with Crippen molar-refractivity contribution in [1.82, 2.24) is 9.97 Å². The molecule has 8 nitrogen and oxygen atoms in total. The van der Waals surface area contributed by atoms with Gasteiger partial charge in [-0.2, -0.15) is 18.2 Å². The molecule has 39 heavy (non-hydrogen) atoms. The number of hydrogen-bond donors (Lipinski definition) is 3. The summed E-state index contributed by atoms with van der Waals surface area (Å²) in [5.74, 6) is -2.06. The number of nitrogens with zero attached hydrogens (tertiary/aromatic N) is 2. The van der Waals surface area contributed by atoms with E-state index in [-0.39, 0.29) is 23.8 Å². The molecule has 202 valence electrons. The van der Waals surface area contributed by atoms with Gasteiger partial charge in [0.25, 0.3) is 0 Å². The van der Waals surface area contributed by atoms with Crippen LogP contribution in [-0.4, -0.2) is 39.9 Å². The van der Waals surface area contributed by atoms with Crippen LogP contribution in [-0.2, 0) is 4.79 Å². The van der Waals surface area contributed by atoms with Crippen LogP contribution < -0.4 is 20.9 Å². The summed E-state index contributed by atoms with van der Waals surface area (Å²) < 4.78 is 66.1. The Morgan fingerprint density at radius 3 is 2.21 bits per heavy atom. The van der Waals surface area contributed by atoms with Crippen LogP contribution in [0.15, 0.2) is 78.9 Å². The van der Waals surface area contributed by atoms with Gasteiger partial charge in [-0.25, -0.2) is 9.37 Å². The van der Waals surface area contributed by atoms with E-state index in [1.165, 1.54) is 60.7 Å². The number of carboxylic acids is 1. The third-order valence-electron chi connectivity index (χ3n) is 5.52. The molecule has 0 aliphatic rings. The number of carbonyl (C=O) groups is 1. The summed E-state index contributed by atoms with van der Waals surface area (Å²) in [6.45, 7) is -0.255. The average molecular weight is 542 g/mol. The quantitative estimate of drug-likeness (QED) is 0.252. The molecule has 0 saturated heterocycles. The Bertz CT molecular complexity index is 1450. The molecule has 12 heteroatoms. The standard InChI is InChI=1S/C27H22F4N4O4/c28-19-3-1-2-18(12-19)15-4-6-17(7-5-15)24(27(29,30)31)39-23-13-22(34-26(33)35-23)16-8-10-20(11-9-16)38-14-21(32)25(36)37/h1-13,21,24H,14,32H2,(H,36,37)(H2,33,34,35)/t21-,24?/m0/s1. The zero-order chi connectivity index (χ0) is 28.2. The highest BCUT2D eigenvalue weighted by Crippen LogP contribution is 2.38. The third-order valence-corrected chi connectivity index (χ3v) is 5.52. The van der Waals surface area contributed by atoms with Crippen molar-refractivity contribution in [2.75, 3.05) is 12.3 Å². The maximum Gasteiger partial charge on any atom is 0.429 e. The van der Waals surface area contributed by atoms with Crippen LogP contribution in [0.1, 0.15) is 11.7 Å². The lowest BCUT2D eigenvalue weighted by Crippen LogP contribution is -2.36. The van der Waals surface area contributed by atoms with E-state index in [0.29, 0.717) is 22.4 Å². The number of ether oxygens (including phenoxy) is 2. The van der Waals surface area contributed by atoms with Gasteiger partial charge in [-0.3, -0.25) is 4.79 Å². The lowest BCUT2D eigenvalue weighted by molar-refractivity contribution is -0.198. The van der Waals surface area contributed by atoms with E-state index < -0.39 is 36.0 Å². The monoisotopic (exact) mass is 542 g/mol.